The Bertz CT molecular complexity index is 502. The summed E-state index contributed by atoms with van der Waals surface area (Å²) >= 11 is 6.30. The summed E-state index contributed by atoms with van der Waals surface area (Å²) in [7, 11) is 1.91. The van der Waals surface area contributed by atoms with E-state index in [2.05, 4.69) is 15.3 Å². The number of carbonyl (C=O) groups excluding carboxylic acids is 1. The lowest BCUT2D eigenvalue weighted by Gasteiger charge is -2.32. The number of rotatable bonds is 5. The quantitative estimate of drug-likeness (QED) is 0.837. The van der Waals surface area contributed by atoms with Gasteiger partial charge in [-0.05, 0) is 26.3 Å². The van der Waals surface area contributed by atoms with Crippen LogP contribution in [0.1, 0.15) is 24.2 Å². The van der Waals surface area contributed by atoms with Crippen LogP contribution in [0.2, 0.25) is 5.02 Å². The number of aromatic nitrogens is 2. The summed E-state index contributed by atoms with van der Waals surface area (Å²) in [6, 6.07) is 0. The number of carbonyl (C=O) groups is 1. The summed E-state index contributed by atoms with van der Waals surface area (Å²) in [5.74, 6) is 0.149. The van der Waals surface area contributed by atoms with Gasteiger partial charge in [0.05, 0.1) is 22.3 Å². The molecular formula is C14H24ClN5O. The Morgan fingerprint density at radius 3 is 2.95 bits per heavy atom. The van der Waals surface area contributed by atoms with Gasteiger partial charge in [-0.1, -0.05) is 11.6 Å². The van der Waals surface area contributed by atoms with Crippen LogP contribution in [-0.4, -0.2) is 46.8 Å². The van der Waals surface area contributed by atoms with Crippen molar-refractivity contribution in [3.8, 4) is 0 Å². The molecule has 1 unspecified atom stereocenters. The van der Waals surface area contributed by atoms with Crippen LogP contribution in [0.15, 0.2) is 0 Å². The van der Waals surface area contributed by atoms with Gasteiger partial charge in [0.15, 0.2) is 0 Å². The van der Waals surface area contributed by atoms with Crippen LogP contribution in [-0.2, 0) is 18.4 Å². The summed E-state index contributed by atoms with van der Waals surface area (Å²) < 4.78 is 1.83. The van der Waals surface area contributed by atoms with Crippen LogP contribution in [0.3, 0.4) is 0 Å². The number of halogens is 1. The number of nitrogens with one attached hydrogen (secondary N) is 1. The zero-order chi connectivity index (χ0) is 15.4. The molecule has 118 valence electrons. The third-order valence-electron chi connectivity index (χ3n) is 3.95. The van der Waals surface area contributed by atoms with E-state index in [4.69, 9.17) is 17.3 Å². The Labute approximate surface area is 130 Å². The highest BCUT2D eigenvalue weighted by atomic mass is 35.5. The molecule has 0 aliphatic carbocycles. The number of hydrogen-bond donors (Lipinski definition) is 2. The standard InChI is InChI=1S/C14H24ClN5O/c1-10-13(15)12(19(2)18-10)9-20-7-3-4-11(8-20)14(21)17-6-5-16/h11H,3-9,16H2,1-2H3,(H,17,21). The molecule has 1 saturated heterocycles. The highest BCUT2D eigenvalue weighted by Crippen LogP contribution is 2.24. The molecule has 1 aliphatic rings. The number of nitrogens with two attached hydrogens (primary N) is 1. The summed E-state index contributed by atoms with van der Waals surface area (Å²) in [6.45, 7) is 5.41. The molecule has 3 N–H and O–H groups in total. The van der Waals surface area contributed by atoms with Crippen LogP contribution in [0, 0.1) is 12.8 Å². The maximum Gasteiger partial charge on any atom is 0.224 e. The summed E-state index contributed by atoms with van der Waals surface area (Å²) in [5, 5.41) is 7.94. The van der Waals surface area contributed by atoms with Gasteiger partial charge in [0.1, 0.15) is 0 Å². The third-order valence-corrected chi connectivity index (χ3v) is 4.45. The molecule has 0 saturated carbocycles. The Balaban J connectivity index is 1.96. The maximum absolute atomic E-state index is 12.1. The second kappa shape index (κ2) is 7.24. The lowest BCUT2D eigenvalue weighted by atomic mass is 9.97. The average Bonchev–Trinajstić information content (AvgIpc) is 2.71. The predicted octanol–water partition coefficient (Wildman–Crippen LogP) is 0.669. The van der Waals surface area contributed by atoms with E-state index in [0.717, 1.165) is 48.9 Å². The van der Waals surface area contributed by atoms with Gasteiger partial charge in [0.2, 0.25) is 5.91 Å². The van der Waals surface area contributed by atoms with E-state index in [0.29, 0.717) is 13.1 Å². The molecule has 2 heterocycles. The molecule has 1 amide bonds. The Morgan fingerprint density at radius 1 is 1.57 bits per heavy atom. The van der Waals surface area contributed by atoms with Gasteiger partial charge >= 0.3 is 0 Å². The molecule has 6 nitrogen and oxygen atoms in total. The lowest BCUT2D eigenvalue weighted by molar-refractivity contribution is -0.126. The average molecular weight is 314 g/mol. The molecule has 21 heavy (non-hydrogen) atoms. The van der Waals surface area contributed by atoms with E-state index in [1.165, 1.54) is 0 Å². The van der Waals surface area contributed by atoms with Gasteiger partial charge in [-0.15, -0.1) is 0 Å². The Morgan fingerprint density at radius 2 is 2.33 bits per heavy atom. The fourth-order valence-corrected chi connectivity index (χ4v) is 3.04. The molecule has 0 radical (unpaired) electrons. The van der Waals surface area contributed by atoms with Crippen molar-refractivity contribution in [2.75, 3.05) is 26.2 Å². The third kappa shape index (κ3) is 3.96. The number of amides is 1. The monoisotopic (exact) mass is 313 g/mol. The fourth-order valence-electron chi connectivity index (χ4n) is 2.82. The van der Waals surface area contributed by atoms with E-state index in [1.54, 1.807) is 0 Å². The highest BCUT2D eigenvalue weighted by molar-refractivity contribution is 6.31. The molecular weight excluding hydrogens is 290 g/mol. The molecule has 1 aromatic rings. The smallest absolute Gasteiger partial charge is 0.224 e. The SMILES string of the molecule is Cc1nn(C)c(CN2CCCC(C(=O)NCCN)C2)c1Cl. The van der Waals surface area contributed by atoms with E-state index >= 15 is 0 Å². The van der Waals surface area contributed by atoms with Crippen molar-refractivity contribution in [2.24, 2.45) is 18.7 Å². The molecule has 1 fully saturated rings. The van der Waals surface area contributed by atoms with Crippen LogP contribution in [0.25, 0.3) is 0 Å². The van der Waals surface area contributed by atoms with Crippen molar-refractivity contribution in [1.82, 2.24) is 20.0 Å². The predicted molar refractivity (Wildman–Crippen MR) is 83.0 cm³/mol. The second-order valence-electron chi connectivity index (χ2n) is 5.62. The minimum absolute atomic E-state index is 0.0402. The van der Waals surface area contributed by atoms with Crippen LogP contribution < -0.4 is 11.1 Å². The van der Waals surface area contributed by atoms with E-state index in [1.807, 2.05) is 18.7 Å². The van der Waals surface area contributed by atoms with E-state index in [9.17, 15) is 4.79 Å². The zero-order valence-corrected chi connectivity index (χ0v) is 13.5. The van der Waals surface area contributed by atoms with E-state index < -0.39 is 0 Å². The first-order valence-corrected chi connectivity index (χ1v) is 7.78. The van der Waals surface area contributed by atoms with Crippen molar-refractivity contribution in [3.63, 3.8) is 0 Å². The van der Waals surface area contributed by atoms with Gasteiger partial charge in [-0.2, -0.15) is 5.10 Å². The molecule has 0 spiro atoms. The number of nitrogens with zero attached hydrogens (tertiary/aromatic N) is 3. The molecule has 0 bridgehead atoms. The second-order valence-corrected chi connectivity index (χ2v) is 6.00. The molecule has 0 aromatic carbocycles. The normalized spacial score (nSPS) is 19.7. The van der Waals surface area contributed by atoms with Gasteiger partial charge in [-0.3, -0.25) is 14.4 Å². The van der Waals surface area contributed by atoms with Gasteiger partial charge in [-0.25, -0.2) is 0 Å². The van der Waals surface area contributed by atoms with Gasteiger partial charge in [0, 0.05) is 33.2 Å². The van der Waals surface area contributed by atoms with Crippen LogP contribution in [0.4, 0.5) is 0 Å². The maximum atomic E-state index is 12.1. The summed E-state index contributed by atoms with van der Waals surface area (Å²) in [5.41, 5.74) is 7.28. The number of hydrogen-bond acceptors (Lipinski definition) is 4. The van der Waals surface area contributed by atoms with Gasteiger partial charge in [0.25, 0.3) is 0 Å². The molecule has 1 aliphatic heterocycles. The fraction of sp³-hybridized carbons (Fsp3) is 0.714. The number of likely N-dealkylation sites (tertiary alicyclic amines) is 1. The largest absolute Gasteiger partial charge is 0.355 e. The minimum Gasteiger partial charge on any atom is -0.355 e. The molecule has 2 rings (SSSR count). The van der Waals surface area contributed by atoms with Gasteiger partial charge < -0.3 is 11.1 Å². The number of piperidine rings is 1. The summed E-state index contributed by atoms with van der Waals surface area (Å²) in [4.78, 5) is 14.3. The van der Waals surface area contributed by atoms with E-state index in [-0.39, 0.29) is 11.8 Å². The minimum atomic E-state index is 0.0402. The van der Waals surface area contributed by atoms with Crippen molar-refractivity contribution in [2.45, 2.75) is 26.3 Å². The van der Waals surface area contributed by atoms with Crippen LogP contribution >= 0.6 is 11.6 Å². The number of aryl methyl sites for hydroxylation is 2. The lowest BCUT2D eigenvalue weighted by Crippen LogP contribution is -2.43. The summed E-state index contributed by atoms with van der Waals surface area (Å²) in [6.07, 6.45) is 1.96. The first-order valence-electron chi connectivity index (χ1n) is 7.41. The highest BCUT2D eigenvalue weighted by Gasteiger charge is 2.26. The first-order chi connectivity index (χ1) is 10.0. The first kappa shape index (κ1) is 16.3. The Hall–Kier alpha value is -1.11. The molecule has 1 atom stereocenters. The van der Waals surface area contributed by atoms with Crippen molar-refractivity contribution >= 4 is 17.5 Å². The molecule has 7 heteroatoms. The topological polar surface area (TPSA) is 76.2 Å². The van der Waals surface area contributed by atoms with Crippen molar-refractivity contribution in [1.29, 1.82) is 0 Å². The van der Waals surface area contributed by atoms with Crippen molar-refractivity contribution < 1.29 is 4.79 Å². The zero-order valence-electron chi connectivity index (χ0n) is 12.7. The molecule has 1 aromatic heterocycles. The van der Waals surface area contributed by atoms with Crippen molar-refractivity contribution in [3.05, 3.63) is 16.4 Å². The Kier molecular flexibility index (Phi) is 5.61. The van der Waals surface area contributed by atoms with Crippen LogP contribution in [0.5, 0.6) is 0 Å².